The third-order valence-electron chi connectivity index (χ3n) is 3.53. The molecule has 0 bridgehead atoms. The average molecular weight is 299 g/mol. The van der Waals surface area contributed by atoms with Crippen molar-refractivity contribution >= 4 is 10.0 Å². The van der Waals surface area contributed by atoms with Crippen molar-refractivity contribution in [3.8, 4) is 5.75 Å². The van der Waals surface area contributed by atoms with E-state index in [-0.39, 0.29) is 18.0 Å². The maximum Gasteiger partial charge on any atom is 0.243 e. The molecule has 0 spiro atoms. The highest BCUT2D eigenvalue weighted by Gasteiger charge is 2.45. The Bertz CT molecular complexity index is 547. The fourth-order valence-electron chi connectivity index (χ4n) is 2.08. The zero-order chi connectivity index (χ0) is 14.8. The van der Waals surface area contributed by atoms with Crippen LogP contribution in [0.4, 0.5) is 0 Å². The van der Waals surface area contributed by atoms with Crippen LogP contribution in [-0.2, 0) is 10.0 Å². The Kier molecular flexibility index (Phi) is 4.36. The number of hydrogen-bond acceptors (Lipinski definition) is 4. The first kappa shape index (κ1) is 15.3. The largest absolute Gasteiger partial charge is 0.494 e. The molecule has 1 fully saturated rings. The van der Waals surface area contributed by atoms with E-state index in [0.717, 1.165) is 6.42 Å². The summed E-state index contributed by atoms with van der Waals surface area (Å²) in [4.78, 5) is 0.236. The molecule has 0 aromatic heterocycles. The maximum absolute atomic E-state index is 12.3. The molecule has 0 unspecified atom stereocenters. The fraction of sp³-hybridized carbons (Fsp3) is 0.571. The molecule has 5 nitrogen and oxygen atoms in total. The van der Waals surface area contributed by atoms with Crippen molar-refractivity contribution in [3.05, 3.63) is 24.3 Å². The van der Waals surface area contributed by atoms with E-state index in [1.165, 1.54) is 4.31 Å². The van der Waals surface area contributed by atoms with Crippen LogP contribution in [0.5, 0.6) is 5.75 Å². The van der Waals surface area contributed by atoms with Gasteiger partial charge in [0.2, 0.25) is 10.0 Å². The first-order valence-corrected chi connectivity index (χ1v) is 8.31. The number of benzene rings is 1. The number of nitrogens with zero attached hydrogens (tertiary/aromatic N) is 1. The topological polar surface area (TPSA) is 66.8 Å². The molecule has 0 radical (unpaired) electrons. The normalized spacial score (nSPS) is 18.6. The van der Waals surface area contributed by atoms with Crippen LogP contribution in [0.15, 0.2) is 29.2 Å². The number of hydrogen-bond donors (Lipinski definition) is 1. The predicted octanol–water partition coefficient (Wildman–Crippen LogP) is 1.62. The second-order valence-electron chi connectivity index (χ2n) is 5.17. The van der Waals surface area contributed by atoms with Gasteiger partial charge in [-0.3, -0.25) is 0 Å². The molecule has 2 rings (SSSR count). The van der Waals surface area contributed by atoms with Crippen LogP contribution in [0.25, 0.3) is 0 Å². The van der Waals surface area contributed by atoms with E-state index in [1.807, 2.05) is 13.8 Å². The van der Waals surface area contributed by atoms with E-state index >= 15 is 0 Å². The predicted molar refractivity (Wildman–Crippen MR) is 76.2 cm³/mol. The van der Waals surface area contributed by atoms with Crippen molar-refractivity contribution in [3.63, 3.8) is 0 Å². The van der Waals surface area contributed by atoms with E-state index in [2.05, 4.69) is 0 Å². The van der Waals surface area contributed by atoms with E-state index in [9.17, 15) is 13.5 Å². The Morgan fingerprint density at radius 1 is 1.25 bits per heavy atom. The monoisotopic (exact) mass is 299 g/mol. The minimum Gasteiger partial charge on any atom is -0.494 e. The van der Waals surface area contributed by atoms with E-state index in [1.54, 1.807) is 24.3 Å². The smallest absolute Gasteiger partial charge is 0.243 e. The quantitative estimate of drug-likeness (QED) is 0.867. The second-order valence-corrected chi connectivity index (χ2v) is 7.11. The molecule has 1 aromatic rings. The summed E-state index contributed by atoms with van der Waals surface area (Å²) in [5.41, 5.74) is -0.864. The summed E-state index contributed by atoms with van der Waals surface area (Å²) in [6, 6.07) is 6.41. The van der Waals surface area contributed by atoms with Gasteiger partial charge in [-0.05, 0) is 37.1 Å². The lowest BCUT2D eigenvalue weighted by Crippen LogP contribution is -2.62. The molecule has 1 aromatic carbocycles. The molecule has 6 heteroatoms. The Morgan fingerprint density at radius 3 is 2.35 bits per heavy atom. The van der Waals surface area contributed by atoms with Crippen molar-refractivity contribution in [1.29, 1.82) is 0 Å². The molecule has 1 saturated heterocycles. The van der Waals surface area contributed by atoms with Crippen LogP contribution in [-0.4, -0.2) is 43.1 Å². The van der Waals surface area contributed by atoms with Gasteiger partial charge in [-0.25, -0.2) is 8.42 Å². The molecule has 0 aliphatic carbocycles. The third kappa shape index (κ3) is 2.97. The van der Waals surface area contributed by atoms with Gasteiger partial charge in [-0.2, -0.15) is 4.31 Å². The van der Waals surface area contributed by atoms with Gasteiger partial charge >= 0.3 is 0 Å². The summed E-state index contributed by atoms with van der Waals surface area (Å²) in [6.07, 6.45) is 1.46. The summed E-state index contributed by atoms with van der Waals surface area (Å²) in [5, 5.41) is 9.91. The minimum atomic E-state index is -3.50. The van der Waals surface area contributed by atoms with Gasteiger partial charge in [0.1, 0.15) is 5.75 Å². The third-order valence-corrected chi connectivity index (χ3v) is 5.34. The number of aliphatic hydroxyl groups is 1. The van der Waals surface area contributed by atoms with Crippen LogP contribution in [0.2, 0.25) is 0 Å². The van der Waals surface area contributed by atoms with Crippen LogP contribution in [0.1, 0.15) is 26.7 Å². The SMILES string of the molecule is CCCOc1ccc(S(=O)(=O)N2CC(O)(CC)C2)cc1. The molecule has 1 heterocycles. The molecule has 20 heavy (non-hydrogen) atoms. The molecular formula is C14H21NO4S. The molecule has 0 saturated carbocycles. The van der Waals surface area contributed by atoms with Gasteiger partial charge in [-0.1, -0.05) is 13.8 Å². The van der Waals surface area contributed by atoms with Gasteiger partial charge in [0.25, 0.3) is 0 Å². The van der Waals surface area contributed by atoms with Crippen molar-refractivity contribution in [2.24, 2.45) is 0 Å². The fourth-order valence-corrected chi connectivity index (χ4v) is 3.68. The molecule has 0 amide bonds. The zero-order valence-corrected chi connectivity index (χ0v) is 12.7. The summed E-state index contributed by atoms with van der Waals surface area (Å²) < 4.78 is 31.4. The van der Waals surface area contributed by atoms with Gasteiger partial charge in [-0.15, -0.1) is 0 Å². The Balaban J connectivity index is 2.07. The van der Waals surface area contributed by atoms with Gasteiger partial charge in [0, 0.05) is 13.1 Å². The van der Waals surface area contributed by atoms with Crippen LogP contribution in [0.3, 0.4) is 0 Å². The standard InChI is InChI=1S/C14H21NO4S/c1-3-9-19-12-5-7-13(8-6-12)20(17,18)15-10-14(16,4-2)11-15/h5-8,16H,3-4,9-11H2,1-2H3. The lowest BCUT2D eigenvalue weighted by atomic mass is 9.94. The Morgan fingerprint density at radius 2 is 1.85 bits per heavy atom. The highest BCUT2D eigenvalue weighted by molar-refractivity contribution is 7.89. The van der Waals surface area contributed by atoms with Crippen LogP contribution < -0.4 is 4.74 Å². The number of ether oxygens (including phenoxy) is 1. The minimum absolute atomic E-state index is 0.167. The highest BCUT2D eigenvalue weighted by Crippen LogP contribution is 2.30. The average Bonchev–Trinajstić information content (AvgIpc) is 2.42. The Labute approximate surface area is 120 Å². The molecule has 112 valence electrons. The summed E-state index contributed by atoms with van der Waals surface area (Å²) in [6.45, 7) is 4.81. The Hall–Kier alpha value is -1.11. The van der Waals surface area contributed by atoms with Gasteiger partial charge < -0.3 is 9.84 Å². The second kappa shape index (κ2) is 5.71. The van der Waals surface area contributed by atoms with Crippen LogP contribution >= 0.6 is 0 Å². The van der Waals surface area contributed by atoms with E-state index < -0.39 is 15.6 Å². The van der Waals surface area contributed by atoms with E-state index in [4.69, 9.17) is 4.74 Å². The zero-order valence-electron chi connectivity index (χ0n) is 11.9. The molecule has 1 N–H and O–H groups in total. The number of rotatable bonds is 6. The summed E-state index contributed by atoms with van der Waals surface area (Å²) in [7, 11) is -3.50. The van der Waals surface area contributed by atoms with E-state index in [0.29, 0.717) is 18.8 Å². The number of sulfonamides is 1. The first-order chi connectivity index (χ1) is 9.41. The van der Waals surface area contributed by atoms with Gasteiger partial charge in [0.05, 0.1) is 17.1 Å². The summed E-state index contributed by atoms with van der Waals surface area (Å²) >= 11 is 0. The van der Waals surface area contributed by atoms with Crippen molar-refractivity contribution < 1.29 is 18.3 Å². The van der Waals surface area contributed by atoms with Gasteiger partial charge in [0.15, 0.2) is 0 Å². The lowest BCUT2D eigenvalue weighted by Gasteiger charge is -2.44. The summed E-state index contributed by atoms with van der Waals surface area (Å²) in [5.74, 6) is 0.666. The van der Waals surface area contributed by atoms with Crippen molar-refractivity contribution in [1.82, 2.24) is 4.31 Å². The first-order valence-electron chi connectivity index (χ1n) is 6.87. The van der Waals surface area contributed by atoms with Crippen molar-refractivity contribution in [2.75, 3.05) is 19.7 Å². The molecular weight excluding hydrogens is 278 g/mol. The molecule has 1 aliphatic heterocycles. The highest BCUT2D eigenvalue weighted by atomic mass is 32.2. The van der Waals surface area contributed by atoms with Crippen LogP contribution in [0, 0.1) is 0 Å². The number of β-amino-alcohol motifs (C(OH)–C–C–N with tert-alkyl or cyclic N) is 1. The maximum atomic E-state index is 12.3. The molecule has 0 atom stereocenters. The van der Waals surface area contributed by atoms with Crippen molar-refractivity contribution in [2.45, 2.75) is 37.2 Å². The molecule has 1 aliphatic rings. The lowest BCUT2D eigenvalue weighted by molar-refractivity contribution is -0.0613.